The molecule has 3 rings (SSSR count). The monoisotopic (exact) mass is 331 g/mol. The number of carbonyl (C=O) groups is 1. The molecule has 1 saturated heterocycles. The molecule has 0 spiro atoms. The van der Waals surface area contributed by atoms with Crippen molar-refractivity contribution in [2.75, 3.05) is 25.0 Å². The van der Waals surface area contributed by atoms with Crippen LogP contribution < -0.4 is 5.32 Å². The quantitative estimate of drug-likeness (QED) is 0.884. The van der Waals surface area contributed by atoms with Crippen LogP contribution >= 0.6 is 11.3 Å². The summed E-state index contributed by atoms with van der Waals surface area (Å²) in [4.78, 5) is 18.7. The molecule has 1 amide bonds. The van der Waals surface area contributed by atoms with Crippen molar-refractivity contribution in [3.05, 3.63) is 46.4 Å². The van der Waals surface area contributed by atoms with Crippen LogP contribution in [0.1, 0.15) is 28.9 Å². The van der Waals surface area contributed by atoms with Crippen LogP contribution in [0.2, 0.25) is 0 Å². The van der Waals surface area contributed by atoms with E-state index < -0.39 is 0 Å². The lowest BCUT2D eigenvalue weighted by Crippen LogP contribution is -2.39. The van der Waals surface area contributed by atoms with Crippen molar-refractivity contribution in [2.45, 2.75) is 19.4 Å². The summed E-state index contributed by atoms with van der Waals surface area (Å²) in [5, 5.41) is 14.5. The van der Waals surface area contributed by atoms with Gasteiger partial charge in [-0.1, -0.05) is 6.07 Å². The fraction of sp³-hybridized carbons (Fsp3) is 0.412. The molecule has 0 aliphatic carbocycles. The smallest absolute Gasteiger partial charge is 0.253 e. The molecule has 1 aliphatic heterocycles. The van der Waals surface area contributed by atoms with Gasteiger partial charge in [-0.2, -0.15) is 0 Å². The molecule has 23 heavy (non-hydrogen) atoms. The van der Waals surface area contributed by atoms with Crippen LogP contribution in [0, 0.1) is 5.92 Å². The zero-order valence-corrected chi connectivity index (χ0v) is 13.8. The zero-order valence-electron chi connectivity index (χ0n) is 12.9. The molecule has 0 radical (unpaired) electrons. The Morgan fingerprint density at radius 1 is 1.39 bits per heavy atom. The maximum absolute atomic E-state index is 12.6. The number of nitrogens with one attached hydrogen (secondary N) is 1. The predicted octanol–water partition coefficient (Wildman–Crippen LogP) is 2.60. The summed E-state index contributed by atoms with van der Waals surface area (Å²) in [6.07, 6.45) is 1.76. The number of benzene rings is 1. The van der Waals surface area contributed by atoms with Gasteiger partial charge in [0.15, 0.2) is 0 Å². The number of hydrogen-bond acceptors (Lipinski definition) is 5. The summed E-state index contributed by atoms with van der Waals surface area (Å²) in [5.41, 5.74) is 4.44. The number of aliphatic hydroxyl groups excluding tert-OH is 1. The van der Waals surface area contributed by atoms with Crippen molar-refractivity contribution < 1.29 is 9.90 Å². The number of nitrogens with zero attached hydrogens (tertiary/aromatic N) is 2. The van der Waals surface area contributed by atoms with Gasteiger partial charge in [0.25, 0.3) is 5.91 Å². The van der Waals surface area contributed by atoms with Crippen LogP contribution in [0.5, 0.6) is 0 Å². The van der Waals surface area contributed by atoms with Gasteiger partial charge in [-0.05, 0) is 37.0 Å². The molecule has 0 bridgehead atoms. The van der Waals surface area contributed by atoms with E-state index in [2.05, 4.69) is 10.3 Å². The Bertz CT molecular complexity index is 637. The van der Waals surface area contributed by atoms with Gasteiger partial charge in [0.2, 0.25) is 0 Å². The van der Waals surface area contributed by atoms with E-state index in [4.69, 9.17) is 0 Å². The number of amides is 1. The number of rotatable bonds is 5. The summed E-state index contributed by atoms with van der Waals surface area (Å²) in [5.74, 6) is 0.406. The Morgan fingerprint density at radius 3 is 2.91 bits per heavy atom. The highest BCUT2D eigenvalue weighted by molar-refractivity contribution is 7.07. The second-order valence-electron chi connectivity index (χ2n) is 5.83. The summed E-state index contributed by atoms with van der Waals surface area (Å²) in [7, 11) is 0. The third kappa shape index (κ3) is 4.09. The summed E-state index contributed by atoms with van der Waals surface area (Å²) in [6.45, 7) is 2.32. The Balaban J connectivity index is 1.61. The van der Waals surface area contributed by atoms with Crippen molar-refractivity contribution in [2.24, 2.45) is 5.92 Å². The van der Waals surface area contributed by atoms with E-state index in [-0.39, 0.29) is 12.5 Å². The number of anilines is 1. The number of aliphatic hydroxyl groups is 1. The van der Waals surface area contributed by atoms with Crippen molar-refractivity contribution in [1.29, 1.82) is 0 Å². The number of carbonyl (C=O) groups excluding carboxylic acids is 1. The van der Waals surface area contributed by atoms with Crippen molar-refractivity contribution in [3.63, 3.8) is 0 Å². The molecule has 2 heterocycles. The van der Waals surface area contributed by atoms with Gasteiger partial charge in [-0.15, -0.1) is 11.3 Å². The normalized spacial score (nSPS) is 15.6. The Hall–Kier alpha value is -1.92. The van der Waals surface area contributed by atoms with Gasteiger partial charge in [0.1, 0.15) is 0 Å². The topological polar surface area (TPSA) is 65.5 Å². The van der Waals surface area contributed by atoms with E-state index >= 15 is 0 Å². The molecule has 5 nitrogen and oxygen atoms in total. The second kappa shape index (κ2) is 7.57. The average Bonchev–Trinajstić information content (AvgIpc) is 3.13. The lowest BCUT2D eigenvalue weighted by atomic mass is 9.97. The summed E-state index contributed by atoms with van der Waals surface area (Å²) < 4.78 is 0. The van der Waals surface area contributed by atoms with E-state index in [9.17, 15) is 9.90 Å². The third-order valence-electron chi connectivity index (χ3n) is 4.23. The molecule has 6 heteroatoms. The van der Waals surface area contributed by atoms with Crippen molar-refractivity contribution in [1.82, 2.24) is 9.88 Å². The minimum absolute atomic E-state index is 0.0682. The Kier molecular flexibility index (Phi) is 5.25. The highest BCUT2D eigenvalue weighted by Crippen LogP contribution is 2.20. The van der Waals surface area contributed by atoms with Crippen LogP contribution in [0.15, 0.2) is 35.2 Å². The maximum atomic E-state index is 12.6. The molecule has 0 saturated carbocycles. The van der Waals surface area contributed by atoms with E-state index in [1.165, 1.54) is 0 Å². The van der Waals surface area contributed by atoms with Crippen molar-refractivity contribution in [3.8, 4) is 0 Å². The Morgan fingerprint density at radius 2 is 2.22 bits per heavy atom. The predicted molar refractivity (Wildman–Crippen MR) is 91.6 cm³/mol. The number of thiazole rings is 1. The van der Waals surface area contributed by atoms with Gasteiger partial charge in [0.05, 0.1) is 17.7 Å². The molecule has 122 valence electrons. The molecule has 1 aliphatic rings. The molecular formula is C17H21N3O2S. The SMILES string of the molecule is O=C(c1cccc(NCc2cscn2)c1)N1CCC(CO)CC1. The molecule has 0 atom stereocenters. The molecule has 1 aromatic carbocycles. The highest BCUT2D eigenvalue weighted by atomic mass is 32.1. The first-order valence-corrected chi connectivity index (χ1v) is 8.81. The fourth-order valence-corrected chi connectivity index (χ4v) is 3.34. The minimum Gasteiger partial charge on any atom is -0.396 e. The molecule has 2 N–H and O–H groups in total. The van der Waals surface area contributed by atoms with E-state index in [1.807, 2.05) is 40.1 Å². The number of aromatic nitrogens is 1. The summed E-state index contributed by atoms with van der Waals surface area (Å²) >= 11 is 1.57. The van der Waals surface area contributed by atoms with Gasteiger partial charge in [0, 0.05) is 36.3 Å². The zero-order chi connectivity index (χ0) is 16.1. The first kappa shape index (κ1) is 16.0. The lowest BCUT2D eigenvalue weighted by Gasteiger charge is -2.31. The van der Waals surface area contributed by atoms with Crippen molar-refractivity contribution >= 4 is 22.9 Å². The van der Waals surface area contributed by atoms with Crippen LogP contribution in [0.25, 0.3) is 0 Å². The number of hydrogen-bond donors (Lipinski definition) is 2. The first-order valence-electron chi connectivity index (χ1n) is 7.87. The summed E-state index contributed by atoms with van der Waals surface area (Å²) in [6, 6.07) is 7.61. The van der Waals surface area contributed by atoms with Crippen LogP contribution in [-0.2, 0) is 6.54 Å². The maximum Gasteiger partial charge on any atom is 0.253 e. The molecule has 0 unspecified atom stereocenters. The van der Waals surface area contributed by atoms with Gasteiger partial charge >= 0.3 is 0 Å². The van der Waals surface area contributed by atoms with Crippen LogP contribution in [0.3, 0.4) is 0 Å². The van der Waals surface area contributed by atoms with Gasteiger partial charge in [-0.3, -0.25) is 4.79 Å². The molecule has 1 fully saturated rings. The molecular weight excluding hydrogens is 310 g/mol. The van der Waals surface area contributed by atoms with Gasteiger partial charge in [-0.25, -0.2) is 4.98 Å². The number of likely N-dealkylation sites (tertiary alicyclic amines) is 1. The van der Waals surface area contributed by atoms with E-state index in [1.54, 1.807) is 11.3 Å². The van der Waals surface area contributed by atoms with Crippen LogP contribution in [-0.4, -0.2) is 40.6 Å². The fourth-order valence-electron chi connectivity index (χ4n) is 2.78. The minimum atomic E-state index is 0.0682. The van der Waals surface area contributed by atoms with E-state index in [0.29, 0.717) is 18.0 Å². The standard InChI is InChI=1S/C17H21N3O2S/c21-10-13-4-6-20(7-5-13)17(22)14-2-1-3-15(8-14)18-9-16-11-23-12-19-16/h1-3,8,11-13,18,21H,4-7,9-10H2. The molecule has 2 aromatic rings. The second-order valence-corrected chi connectivity index (χ2v) is 6.55. The van der Waals surface area contributed by atoms with Gasteiger partial charge < -0.3 is 15.3 Å². The average molecular weight is 331 g/mol. The largest absolute Gasteiger partial charge is 0.396 e. The number of piperidine rings is 1. The highest BCUT2D eigenvalue weighted by Gasteiger charge is 2.23. The Labute approximate surface area is 140 Å². The first-order chi connectivity index (χ1) is 11.3. The molecule has 1 aromatic heterocycles. The van der Waals surface area contributed by atoms with E-state index in [0.717, 1.165) is 37.3 Å². The van der Waals surface area contributed by atoms with Crippen LogP contribution in [0.4, 0.5) is 5.69 Å². The lowest BCUT2D eigenvalue weighted by molar-refractivity contribution is 0.0651. The third-order valence-corrected chi connectivity index (χ3v) is 4.86.